The van der Waals surface area contributed by atoms with Gasteiger partial charge in [-0.25, -0.2) is 9.79 Å². The number of anilines is 3. The van der Waals surface area contributed by atoms with E-state index in [0.717, 1.165) is 35.1 Å². The monoisotopic (exact) mass is 527 g/mol. The molecular weight excluding hydrogens is 498 g/mol. The molecule has 1 atom stereocenters. The fourth-order valence-corrected chi connectivity index (χ4v) is 5.66. The molecule has 1 saturated heterocycles. The Hall–Kier alpha value is -4.24. The van der Waals surface area contributed by atoms with Gasteiger partial charge in [0.15, 0.2) is 5.17 Å². The van der Waals surface area contributed by atoms with E-state index in [9.17, 15) is 9.59 Å². The number of para-hydroxylation sites is 3. The molecule has 3 aromatic rings. The molecule has 2 heterocycles. The molecule has 38 heavy (non-hydrogen) atoms. The number of hydrogen-bond acceptors (Lipinski definition) is 6. The van der Waals surface area contributed by atoms with Crippen LogP contribution in [0.2, 0.25) is 0 Å². The smallest absolute Gasteiger partial charge is 0.323 e. The summed E-state index contributed by atoms with van der Waals surface area (Å²) >= 11 is 1.71. The van der Waals surface area contributed by atoms with Crippen LogP contribution in [-0.4, -0.2) is 41.4 Å². The van der Waals surface area contributed by atoms with Crippen molar-refractivity contribution in [2.24, 2.45) is 4.99 Å². The first-order valence-electron chi connectivity index (χ1n) is 12.4. The molecule has 0 aromatic heterocycles. The lowest BCUT2D eigenvalue weighted by atomic mass is 9.93. The number of aliphatic imine (C=N–C) groups is 1. The molecule has 3 amide bonds. The fourth-order valence-electron chi connectivity index (χ4n) is 4.64. The highest BCUT2D eigenvalue weighted by Gasteiger charge is 2.37. The summed E-state index contributed by atoms with van der Waals surface area (Å²) in [7, 11) is 1.56. The van der Waals surface area contributed by atoms with Crippen LogP contribution in [0.1, 0.15) is 24.9 Å². The van der Waals surface area contributed by atoms with Crippen LogP contribution in [0, 0.1) is 0 Å². The average molecular weight is 528 g/mol. The van der Waals surface area contributed by atoms with Crippen LogP contribution < -0.4 is 20.7 Å². The van der Waals surface area contributed by atoms with Gasteiger partial charge in [0.1, 0.15) is 5.75 Å². The number of carbonyl (C=O) groups excluding carboxylic acids is 2. The average Bonchev–Trinajstić information content (AvgIpc) is 2.93. The van der Waals surface area contributed by atoms with Crippen LogP contribution in [0.25, 0.3) is 0 Å². The van der Waals surface area contributed by atoms with Gasteiger partial charge in [-0.05, 0) is 55.3 Å². The summed E-state index contributed by atoms with van der Waals surface area (Å²) in [6.45, 7) is 2.67. The van der Waals surface area contributed by atoms with Crippen molar-refractivity contribution in [3.05, 3.63) is 95.7 Å². The van der Waals surface area contributed by atoms with Crippen molar-refractivity contribution in [2.75, 3.05) is 35.4 Å². The number of methoxy groups -OCH3 is 1. The molecule has 1 fully saturated rings. The predicted octanol–water partition coefficient (Wildman–Crippen LogP) is 6.10. The summed E-state index contributed by atoms with van der Waals surface area (Å²) in [5.74, 6) is 1.37. The number of nitrogens with one attached hydrogen (secondary N) is 3. The third kappa shape index (κ3) is 5.52. The Balaban J connectivity index is 1.43. The normalized spacial score (nSPS) is 16.7. The molecule has 194 valence electrons. The van der Waals surface area contributed by atoms with Gasteiger partial charge in [-0.3, -0.25) is 4.79 Å². The Kier molecular flexibility index (Phi) is 7.65. The SMILES string of the molecule is COc1ccccc1NC(=O)Nc1cccc(C2C(C(=O)Nc3ccccc3)=C(C)N=C3SCCCN32)c1. The van der Waals surface area contributed by atoms with Gasteiger partial charge in [0, 0.05) is 23.7 Å². The number of urea groups is 1. The summed E-state index contributed by atoms with van der Waals surface area (Å²) in [5, 5.41) is 9.70. The van der Waals surface area contributed by atoms with Crippen molar-refractivity contribution in [1.29, 1.82) is 0 Å². The fraction of sp³-hybridized carbons (Fsp3) is 0.207. The second-order valence-corrected chi connectivity index (χ2v) is 9.98. The van der Waals surface area contributed by atoms with Gasteiger partial charge < -0.3 is 25.6 Å². The first-order valence-corrected chi connectivity index (χ1v) is 13.4. The van der Waals surface area contributed by atoms with Gasteiger partial charge in [0.25, 0.3) is 5.91 Å². The van der Waals surface area contributed by atoms with Gasteiger partial charge >= 0.3 is 6.03 Å². The second-order valence-electron chi connectivity index (χ2n) is 8.92. The summed E-state index contributed by atoms with van der Waals surface area (Å²) in [6.07, 6.45) is 0.992. The topological polar surface area (TPSA) is 95.1 Å². The maximum Gasteiger partial charge on any atom is 0.323 e. The first-order chi connectivity index (χ1) is 18.5. The molecule has 0 saturated carbocycles. The zero-order chi connectivity index (χ0) is 26.5. The molecule has 2 aliphatic heterocycles. The Morgan fingerprint density at radius 3 is 2.53 bits per heavy atom. The molecule has 0 spiro atoms. The van der Waals surface area contributed by atoms with E-state index in [0.29, 0.717) is 28.4 Å². The van der Waals surface area contributed by atoms with Crippen molar-refractivity contribution in [3.63, 3.8) is 0 Å². The van der Waals surface area contributed by atoms with E-state index in [-0.39, 0.29) is 18.0 Å². The Morgan fingerprint density at radius 2 is 1.71 bits per heavy atom. The first kappa shape index (κ1) is 25.4. The standard InChI is InChI=1S/C29H29N5O3S/c1-19-25(27(35)31-21-11-4-3-5-12-21)26(34-16-9-17-38-29(34)30-19)20-10-8-13-22(18-20)32-28(36)33-23-14-6-7-15-24(23)37-2/h3-8,10-15,18,26H,9,16-17H2,1-2H3,(H,31,35)(H2,32,33,36). The number of benzene rings is 3. The van der Waals surface area contributed by atoms with E-state index >= 15 is 0 Å². The van der Waals surface area contributed by atoms with E-state index < -0.39 is 0 Å². The number of amides is 3. The lowest BCUT2D eigenvalue weighted by molar-refractivity contribution is -0.113. The van der Waals surface area contributed by atoms with Gasteiger partial charge in [-0.15, -0.1) is 0 Å². The van der Waals surface area contributed by atoms with E-state index in [1.807, 2.05) is 73.7 Å². The van der Waals surface area contributed by atoms with Crippen molar-refractivity contribution in [2.45, 2.75) is 19.4 Å². The number of amidine groups is 1. The number of hydrogen-bond donors (Lipinski definition) is 3. The summed E-state index contributed by atoms with van der Waals surface area (Å²) in [4.78, 5) is 33.4. The number of carbonyl (C=O) groups is 2. The zero-order valence-corrected chi connectivity index (χ0v) is 22.0. The maximum absolute atomic E-state index is 13.6. The third-order valence-corrected chi connectivity index (χ3v) is 7.43. The lowest BCUT2D eigenvalue weighted by Crippen LogP contribution is -2.43. The molecule has 3 N–H and O–H groups in total. The van der Waals surface area contributed by atoms with E-state index in [1.165, 1.54) is 0 Å². The number of fused-ring (bicyclic) bond motifs is 1. The van der Waals surface area contributed by atoms with Crippen LogP contribution in [0.3, 0.4) is 0 Å². The van der Waals surface area contributed by atoms with Gasteiger partial charge in [-0.1, -0.05) is 54.2 Å². The highest BCUT2D eigenvalue weighted by Crippen LogP contribution is 2.40. The Morgan fingerprint density at radius 1 is 0.947 bits per heavy atom. The molecule has 1 unspecified atom stereocenters. The van der Waals surface area contributed by atoms with Gasteiger partial charge in [-0.2, -0.15) is 0 Å². The molecular formula is C29H29N5O3S. The van der Waals surface area contributed by atoms with E-state index in [1.54, 1.807) is 31.0 Å². The largest absolute Gasteiger partial charge is 0.495 e. The van der Waals surface area contributed by atoms with Crippen LogP contribution in [-0.2, 0) is 4.79 Å². The van der Waals surface area contributed by atoms with Gasteiger partial charge in [0.2, 0.25) is 0 Å². The van der Waals surface area contributed by atoms with Crippen molar-refractivity contribution in [3.8, 4) is 5.75 Å². The second kappa shape index (κ2) is 11.4. The van der Waals surface area contributed by atoms with Crippen LogP contribution in [0.5, 0.6) is 5.75 Å². The van der Waals surface area contributed by atoms with Crippen molar-refractivity contribution >= 4 is 45.9 Å². The quantitative estimate of drug-likeness (QED) is 0.360. The number of allylic oxidation sites excluding steroid dienone is 1. The number of nitrogens with zero attached hydrogens (tertiary/aromatic N) is 2. The molecule has 0 radical (unpaired) electrons. The summed E-state index contributed by atoms with van der Waals surface area (Å²) in [6, 6.07) is 23.5. The lowest BCUT2D eigenvalue weighted by Gasteiger charge is -2.41. The predicted molar refractivity (Wildman–Crippen MR) is 154 cm³/mol. The highest BCUT2D eigenvalue weighted by atomic mass is 32.2. The highest BCUT2D eigenvalue weighted by molar-refractivity contribution is 8.13. The van der Waals surface area contributed by atoms with E-state index in [2.05, 4.69) is 20.9 Å². The Bertz CT molecular complexity index is 1410. The minimum absolute atomic E-state index is 0.190. The van der Waals surface area contributed by atoms with Crippen LogP contribution in [0.15, 0.2) is 95.1 Å². The summed E-state index contributed by atoms with van der Waals surface area (Å²) in [5.41, 5.74) is 4.09. The molecule has 3 aromatic carbocycles. The minimum Gasteiger partial charge on any atom is -0.495 e. The molecule has 0 bridgehead atoms. The number of thioether (sulfide) groups is 1. The zero-order valence-electron chi connectivity index (χ0n) is 21.2. The van der Waals surface area contributed by atoms with E-state index in [4.69, 9.17) is 9.73 Å². The minimum atomic E-state index is -0.389. The molecule has 2 aliphatic rings. The number of rotatable bonds is 6. The van der Waals surface area contributed by atoms with Gasteiger partial charge in [0.05, 0.1) is 30.1 Å². The molecule has 5 rings (SSSR count). The molecule has 0 aliphatic carbocycles. The maximum atomic E-state index is 13.6. The van der Waals surface area contributed by atoms with Crippen LogP contribution >= 0.6 is 11.8 Å². The van der Waals surface area contributed by atoms with Crippen molar-refractivity contribution < 1.29 is 14.3 Å². The third-order valence-electron chi connectivity index (χ3n) is 6.35. The van der Waals surface area contributed by atoms with Crippen LogP contribution in [0.4, 0.5) is 21.9 Å². The molecule has 8 nitrogen and oxygen atoms in total. The summed E-state index contributed by atoms with van der Waals surface area (Å²) < 4.78 is 5.33. The number of ether oxygens (including phenoxy) is 1. The molecule has 9 heteroatoms. The Labute approximate surface area is 226 Å². The van der Waals surface area contributed by atoms with Crippen molar-refractivity contribution in [1.82, 2.24) is 4.90 Å².